The first kappa shape index (κ1) is 22.5. The fourth-order valence-corrected chi connectivity index (χ4v) is 3.85. The Balaban J connectivity index is 2.01. The maximum absolute atomic E-state index is 12.6. The SMILES string of the molecule is CCC(Sc1cccc(NC(=O)CC(C)(C)C)c1)C(=O)Nc1ccc(Br)cc1. The Morgan fingerprint density at radius 2 is 1.71 bits per heavy atom. The van der Waals surface area contributed by atoms with E-state index in [1.54, 1.807) is 0 Å². The van der Waals surface area contributed by atoms with Crippen molar-refractivity contribution in [3.8, 4) is 0 Å². The molecule has 1 unspecified atom stereocenters. The summed E-state index contributed by atoms with van der Waals surface area (Å²) in [6, 6.07) is 15.2. The highest BCUT2D eigenvalue weighted by Gasteiger charge is 2.19. The number of rotatable bonds is 7. The van der Waals surface area contributed by atoms with Crippen LogP contribution >= 0.6 is 27.7 Å². The van der Waals surface area contributed by atoms with Crippen LogP contribution in [0.15, 0.2) is 57.9 Å². The number of amides is 2. The van der Waals surface area contributed by atoms with E-state index < -0.39 is 0 Å². The molecule has 0 saturated heterocycles. The summed E-state index contributed by atoms with van der Waals surface area (Å²) in [5.74, 6) is -0.0355. The number of hydrogen-bond acceptors (Lipinski definition) is 3. The lowest BCUT2D eigenvalue weighted by atomic mass is 9.92. The Morgan fingerprint density at radius 1 is 1.04 bits per heavy atom. The number of hydrogen-bond donors (Lipinski definition) is 2. The maximum atomic E-state index is 12.6. The van der Waals surface area contributed by atoms with Gasteiger partial charge in [-0.25, -0.2) is 0 Å². The zero-order valence-electron chi connectivity index (χ0n) is 16.7. The summed E-state index contributed by atoms with van der Waals surface area (Å²) in [6.45, 7) is 8.10. The van der Waals surface area contributed by atoms with E-state index >= 15 is 0 Å². The highest BCUT2D eigenvalue weighted by Crippen LogP contribution is 2.29. The van der Waals surface area contributed by atoms with Crippen molar-refractivity contribution in [2.75, 3.05) is 10.6 Å². The third-order valence-electron chi connectivity index (χ3n) is 3.86. The van der Waals surface area contributed by atoms with Crippen LogP contribution in [0.2, 0.25) is 0 Å². The fraction of sp³-hybridized carbons (Fsp3) is 0.364. The summed E-state index contributed by atoms with van der Waals surface area (Å²) in [7, 11) is 0. The summed E-state index contributed by atoms with van der Waals surface area (Å²) < 4.78 is 0.970. The van der Waals surface area contributed by atoms with Crippen LogP contribution in [0.5, 0.6) is 0 Å². The maximum Gasteiger partial charge on any atom is 0.237 e. The van der Waals surface area contributed by atoms with Gasteiger partial charge in [0.05, 0.1) is 5.25 Å². The fourth-order valence-electron chi connectivity index (χ4n) is 2.58. The number of benzene rings is 2. The predicted octanol–water partition coefficient (Wildman–Crippen LogP) is 6.33. The molecule has 0 aliphatic rings. The van der Waals surface area contributed by atoms with Crippen molar-refractivity contribution < 1.29 is 9.59 Å². The number of carbonyl (C=O) groups excluding carboxylic acids is 2. The molecule has 0 radical (unpaired) electrons. The van der Waals surface area contributed by atoms with Crippen molar-refractivity contribution in [2.24, 2.45) is 5.41 Å². The molecule has 2 rings (SSSR count). The van der Waals surface area contributed by atoms with E-state index in [1.165, 1.54) is 11.8 Å². The quantitative estimate of drug-likeness (QED) is 0.472. The van der Waals surface area contributed by atoms with Crippen LogP contribution in [0, 0.1) is 5.41 Å². The largest absolute Gasteiger partial charge is 0.326 e. The van der Waals surface area contributed by atoms with Gasteiger partial charge in [-0.05, 0) is 54.3 Å². The van der Waals surface area contributed by atoms with Crippen molar-refractivity contribution in [1.29, 1.82) is 0 Å². The molecule has 0 aromatic heterocycles. The van der Waals surface area contributed by atoms with Crippen molar-refractivity contribution >= 4 is 50.9 Å². The van der Waals surface area contributed by atoms with Crippen LogP contribution in [0.4, 0.5) is 11.4 Å². The number of nitrogens with one attached hydrogen (secondary N) is 2. The van der Waals surface area contributed by atoms with Crippen molar-refractivity contribution in [1.82, 2.24) is 0 Å². The van der Waals surface area contributed by atoms with E-state index in [0.29, 0.717) is 12.8 Å². The third kappa shape index (κ3) is 7.68. The van der Waals surface area contributed by atoms with Gasteiger partial charge >= 0.3 is 0 Å². The molecule has 0 fully saturated rings. The van der Waals surface area contributed by atoms with Gasteiger partial charge < -0.3 is 10.6 Å². The van der Waals surface area contributed by atoms with Crippen molar-refractivity contribution in [3.63, 3.8) is 0 Å². The molecule has 0 aliphatic heterocycles. The summed E-state index contributed by atoms with van der Waals surface area (Å²) in [4.78, 5) is 25.8. The zero-order valence-corrected chi connectivity index (χ0v) is 19.1. The van der Waals surface area contributed by atoms with E-state index in [9.17, 15) is 9.59 Å². The van der Waals surface area contributed by atoms with E-state index in [1.807, 2.05) is 76.2 Å². The monoisotopic (exact) mass is 462 g/mol. The highest BCUT2D eigenvalue weighted by atomic mass is 79.9. The molecular weight excluding hydrogens is 436 g/mol. The van der Waals surface area contributed by atoms with Gasteiger partial charge in [-0.15, -0.1) is 11.8 Å². The molecule has 1 atom stereocenters. The first-order chi connectivity index (χ1) is 13.2. The lowest BCUT2D eigenvalue weighted by Crippen LogP contribution is -2.24. The van der Waals surface area contributed by atoms with E-state index in [4.69, 9.17) is 0 Å². The Hall–Kier alpha value is -1.79. The van der Waals surface area contributed by atoms with Crippen LogP contribution in [-0.4, -0.2) is 17.1 Å². The van der Waals surface area contributed by atoms with Crippen LogP contribution in [0.1, 0.15) is 40.5 Å². The van der Waals surface area contributed by atoms with Gasteiger partial charge in [-0.3, -0.25) is 9.59 Å². The average molecular weight is 463 g/mol. The highest BCUT2D eigenvalue weighted by molar-refractivity contribution is 9.10. The minimum absolute atomic E-state index is 0.00493. The summed E-state index contributed by atoms with van der Waals surface area (Å²) in [5.41, 5.74) is 1.47. The minimum atomic E-state index is -0.218. The van der Waals surface area contributed by atoms with Crippen LogP contribution in [0.3, 0.4) is 0 Å². The molecular formula is C22H27BrN2O2S. The second-order valence-corrected chi connectivity index (χ2v) is 10.0. The molecule has 0 bridgehead atoms. The topological polar surface area (TPSA) is 58.2 Å². The summed E-state index contributed by atoms with van der Waals surface area (Å²) in [5, 5.41) is 5.69. The van der Waals surface area contributed by atoms with Gasteiger partial charge in [0.15, 0.2) is 0 Å². The standard InChI is InChI=1S/C22H27BrN2O2S/c1-5-19(21(27)25-16-11-9-15(23)10-12-16)28-18-8-6-7-17(13-18)24-20(26)14-22(2,3)4/h6-13,19H,5,14H2,1-4H3,(H,24,26)(H,25,27). The average Bonchev–Trinajstić information content (AvgIpc) is 2.60. The lowest BCUT2D eigenvalue weighted by molar-refractivity contribution is -0.118. The van der Waals surface area contributed by atoms with Gasteiger partial charge in [0.2, 0.25) is 11.8 Å². The smallest absolute Gasteiger partial charge is 0.237 e. The second kappa shape index (κ2) is 10.1. The molecule has 2 N–H and O–H groups in total. The Bertz CT molecular complexity index is 816. The molecule has 0 aliphatic carbocycles. The van der Waals surface area contributed by atoms with Gasteiger partial charge in [0.1, 0.15) is 0 Å². The lowest BCUT2D eigenvalue weighted by Gasteiger charge is -2.18. The van der Waals surface area contributed by atoms with Crippen molar-refractivity contribution in [2.45, 2.75) is 50.7 Å². The number of halogens is 1. The minimum Gasteiger partial charge on any atom is -0.326 e. The third-order valence-corrected chi connectivity index (χ3v) is 5.75. The molecule has 2 aromatic carbocycles. The van der Waals surface area contributed by atoms with Gasteiger partial charge in [-0.1, -0.05) is 49.7 Å². The van der Waals surface area contributed by atoms with Gasteiger partial charge in [-0.2, -0.15) is 0 Å². The van der Waals surface area contributed by atoms with E-state index in [-0.39, 0.29) is 22.5 Å². The number of anilines is 2. The summed E-state index contributed by atoms with van der Waals surface area (Å²) >= 11 is 4.89. The molecule has 4 nitrogen and oxygen atoms in total. The van der Waals surface area contributed by atoms with Crippen LogP contribution < -0.4 is 10.6 Å². The molecule has 6 heteroatoms. The molecule has 28 heavy (non-hydrogen) atoms. The Morgan fingerprint density at radius 3 is 2.32 bits per heavy atom. The van der Waals surface area contributed by atoms with Crippen LogP contribution in [-0.2, 0) is 9.59 Å². The van der Waals surface area contributed by atoms with Gasteiger partial charge in [0, 0.05) is 27.2 Å². The molecule has 0 heterocycles. The first-order valence-corrected chi connectivity index (χ1v) is 11.0. The first-order valence-electron chi connectivity index (χ1n) is 9.29. The Kier molecular flexibility index (Phi) is 8.13. The molecule has 0 spiro atoms. The van der Waals surface area contributed by atoms with E-state index in [2.05, 4.69) is 26.6 Å². The zero-order chi connectivity index (χ0) is 20.7. The molecule has 2 amide bonds. The number of thioether (sulfide) groups is 1. The van der Waals surface area contributed by atoms with Crippen molar-refractivity contribution in [3.05, 3.63) is 53.0 Å². The molecule has 0 saturated carbocycles. The summed E-state index contributed by atoms with van der Waals surface area (Å²) in [6.07, 6.45) is 1.16. The van der Waals surface area contributed by atoms with Gasteiger partial charge in [0.25, 0.3) is 0 Å². The number of carbonyl (C=O) groups is 2. The normalized spacial score (nSPS) is 12.3. The second-order valence-electron chi connectivity index (χ2n) is 7.82. The van der Waals surface area contributed by atoms with Crippen LogP contribution in [0.25, 0.3) is 0 Å². The van der Waals surface area contributed by atoms with E-state index in [0.717, 1.165) is 20.7 Å². The Labute approximate surface area is 180 Å². The molecule has 2 aromatic rings. The predicted molar refractivity (Wildman–Crippen MR) is 122 cm³/mol. The molecule has 150 valence electrons.